The summed E-state index contributed by atoms with van der Waals surface area (Å²) < 4.78 is 28.3. The lowest BCUT2D eigenvalue weighted by Gasteiger charge is -1.97. The molecule has 6 heteroatoms. The molecule has 0 aliphatic carbocycles. The van der Waals surface area contributed by atoms with Gasteiger partial charge in [-0.05, 0) is 0 Å². The van der Waals surface area contributed by atoms with Crippen LogP contribution >= 0.6 is 0 Å². The van der Waals surface area contributed by atoms with Gasteiger partial charge in [0.25, 0.3) is 0 Å². The van der Waals surface area contributed by atoms with Crippen molar-refractivity contribution in [3.05, 3.63) is 23.8 Å². The molecule has 2 aromatic rings. The van der Waals surface area contributed by atoms with Crippen LogP contribution in [0.3, 0.4) is 0 Å². The average Bonchev–Trinajstić information content (AvgIpc) is 2.69. The summed E-state index contributed by atoms with van der Waals surface area (Å²) >= 11 is 0. The summed E-state index contributed by atoms with van der Waals surface area (Å²) in [6.07, 6.45) is 0. The molecule has 17 heavy (non-hydrogen) atoms. The number of halogens is 1. The number of ether oxygens (including phenoxy) is 2. The van der Waals surface area contributed by atoms with E-state index in [0.29, 0.717) is 11.3 Å². The van der Waals surface area contributed by atoms with Crippen molar-refractivity contribution in [2.24, 2.45) is 0 Å². The van der Waals surface area contributed by atoms with Crippen molar-refractivity contribution < 1.29 is 23.1 Å². The molecule has 0 N–H and O–H groups in total. The normalized spacial score (nSPS) is 10.5. The zero-order chi connectivity index (χ0) is 12.4. The molecular weight excluding hydrogens is 229 g/mol. The number of hydrogen-bond donors (Lipinski definition) is 0. The average molecular weight is 239 g/mol. The lowest BCUT2D eigenvalue weighted by molar-refractivity contribution is -0.142. The van der Waals surface area contributed by atoms with E-state index in [4.69, 9.17) is 13.9 Å². The molecule has 0 bridgehead atoms. The van der Waals surface area contributed by atoms with E-state index in [1.54, 1.807) is 6.07 Å². The molecule has 1 aromatic heterocycles. The van der Waals surface area contributed by atoms with Crippen LogP contribution in [-0.2, 0) is 16.1 Å². The van der Waals surface area contributed by atoms with Crippen molar-refractivity contribution in [3.63, 3.8) is 0 Å². The van der Waals surface area contributed by atoms with E-state index in [9.17, 15) is 9.18 Å². The van der Waals surface area contributed by atoms with Crippen LogP contribution in [0.25, 0.3) is 11.1 Å². The Morgan fingerprint density at radius 1 is 1.53 bits per heavy atom. The van der Waals surface area contributed by atoms with E-state index in [1.165, 1.54) is 20.1 Å². The van der Waals surface area contributed by atoms with Crippen molar-refractivity contribution in [3.8, 4) is 5.75 Å². The molecule has 1 heterocycles. The third-order valence-electron chi connectivity index (χ3n) is 2.10. The second-order valence-electron chi connectivity index (χ2n) is 3.35. The number of carbonyl (C=O) groups is 1. The van der Waals surface area contributed by atoms with Crippen LogP contribution in [0.4, 0.5) is 4.39 Å². The maximum Gasteiger partial charge on any atom is 0.303 e. The van der Waals surface area contributed by atoms with E-state index in [0.717, 1.165) is 0 Å². The van der Waals surface area contributed by atoms with Gasteiger partial charge in [-0.3, -0.25) is 4.79 Å². The van der Waals surface area contributed by atoms with Crippen LogP contribution in [0, 0.1) is 5.82 Å². The second-order valence-corrected chi connectivity index (χ2v) is 3.35. The van der Waals surface area contributed by atoms with Crippen molar-refractivity contribution in [1.82, 2.24) is 4.98 Å². The molecule has 0 spiro atoms. The Morgan fingerprint density at radius 3 is 2.94 bits per heavy atom. The van der Waals surface area contributed by atoms with Crippen LogP contribution in [-0.4, -0.2) is 18.1 Å². The first-order valence-corrected chi connectivity index (χ1v) is 4.86. The molecule has 90 valence electrons. The first-order valence-electron chi connectivity index (χ1n) is 4.86. The van der Waals surface area contributed by atoms with Crippen LogP contribution in [0.1, 0.15) is 12.8 Å². The molecule has 0 saturated heterocycles. The molecular formula is C11H10FNO4. The first kappa shape index (κ1) is 11.4. The maximum absolute atomic E-state index is 13.5. The van der Waals surface area contributed by atoms with Crippen LogP contribution in [0.15, 0.2) is 16.5 Å². The zero-order valence-electron chi connectivity index (χ0n) is 9.32. The highest BCUT2D eigenvalue weighted by atomic mass is 19.1. The summed E-state index contributed by atoms with van der Waals surface area (Å²) in [5.41, 5.74) is 0.344. The Morgan fingerprint density at radius 2 is 2.29 bits per heavy atom. The quantitative estimate of drug-likeness (QED) is 0.767. The van der Waals surface area contributed by atoms with Gasteiger partial charge in [-0.25, -0.2) is 9.37 Å². The Bertz CT molecular complexity index is 564. The van der Waals surface area contributed by atoms with Gasteiger partial charge in [-0.15, -0.1) is 0 Å². The Balaban J connectivity index is 2.36. The van der Waals surface area contributed by atoms with Gasteiger partial charge in [0.15, 0.2) is 18.0 Å². The van der Waals surface area contributed by atoms with Gasteiger partial charge in [0, 0.05) is 19.1 Å². The third kappa shape index (κ3) is 2.35. The van der Waals surface area contributed by atoms with Gasteiger partial charge in [0.1, 0.15) is 11.3 Å². The van der Waals surface area contributed by atoms with Gasteiger partial charge >= 0.3 is 5.97 Å². The van der Waals surface area contributed by atoms with Crippen LogP contribution in [0.5, 0.6) is 5.75 Å². The minimum Gasteiger partial charge on any atom is -0.497 e. The molecule has 5 nitrogen and oxygen atoms in total. The van der Waals surface area contributed by atoms with E-state index in [2.05, 4.69) is 4.98 Å². The third-order valence-corrected chi connectivity index (χ3v) is 2.10. The summed E-state index contributed by atoms with van der Waals surface area (Å²) in [6, 6.07) is 2.74. The largest absolute Gasteiger partial charge is 0.497 e. The number of rotatable bonds is 3. The molecule has 0 saturated carbocycles. The molecule has 0 radical (unpaired) electrons. The number of carbonyl (C=O) groups excluding carboxylic acids is 1. The fourth-order valence-corrected chi connectivity index (χ4v) is 1.36. The smallest absolute Gasteiger partial charge is 0.303 e. The van der Waals surface area contributed by atoms with Crippen molar-refractivity contribution >= 4 is 17.1 Å². The highest BCUT2D eigenvalue weighted by Crippen LogP contribution is 2.25. The summed E-state index contributed by atoms with van der Waals surface area (Å²) in [4.78, 5) is 14.6. The molecule has 1 aromatic carbocycles. The predicted octanol–water partition coefficient (Wildman–Crippen LogP) is 2.04. The molecule has 2 rings (SSSR count). The molecule has 0 amide bonds. The first-order chi connectivity index (χ1) is 8.10. The summed E-state index contributed by atoms with van der Waals surface area (Å²) in [5, 5.41) is 0. The van der Waals surface area contributed by atoms with E-state index >= 15 is 0 Å². The number of nitrogens with zero attached hydrogens (tertiary/aromatic N) is 1. The monoisotopic (exact) mass is 239 g/mol. The van der Waals surface area contributed by atoms with Crippen LogP contribution < -0.4 is 4.74 Å². The number of esters is 1. The zero-order valence-corrected chi connectivity index (χ0v) is 9.32. The van der Waals surface area contributed by atoms with Crippen LogP contribution in [0.2, 0.25) is 0 Å². The molecule has 0 fully saturated rings. The maximum atomic E-state index is 13.5. The van der Waals surface area contributed by atoms with E-state index in [-0.39, 0.29) is 18.1 Å². The molecule has 0 aliphatic rings. The van der Waals surface area contributed by atoms with E-state index in [1.807, 2.05) is 0 Å². The Labute approximate surface area is 96.1 Å². The lowest BCUT2D eigenvalue weighted by Crippen LogP contribution is -1.98. The summed E-state index contributed by atoms with van der Waals surface area (Å²) in [5.74, 6) is -0.532. The van der Waals surface area contributed by atoms with Gasteiger partial charge in [-0.1, -0.05) is 0 Å². The number of benzene rings is 1. The Kier molecular flexibility index (Phi) is 2.95. The molecule has 0 atom stereocenters. The standard InChI is InChI=1S/C11H10FNO4/c1-6(14)16-5-10-13-9-4-7(15-2)3-8(12)11(9)17-10/h3-4H,5H2,1-2H3. The van der Waals surface area contributed by atoms with E-state index < -0.39 is 11.8 Å². The van der Waals surface area contributed by atoms with Gasteiger partial charge in [0.2, 0.25) is 5.89 Å². The number of aromatic nitrogens is 1. The SMILES string of the molecule is COc1cc(F)c2oc(COC(C)=O)nc2c1. The second kappa shape index (κ2) is 4.40. The fraction of sp³-hybridized carbons (Fsp3) is 0.273. The summed E-state index contributed by atoms with van der Waals surface area (Å²) in [7, 11) is 1.43. The topological polar surface area (TPSA) is 61.6 Å². The van der Waals surface area contributed by atoms with Crippen molar-refractivity contribution in [2.45, 2.75) is 13.5 Å². The highest BCUT2D eigenvalue weighted by molar-refractivity contribution is 5.75. The summed E-state index contributed by atoms with van der Waals surface area (Å²) in [6.45, 7) is 1.15. The molecule has 0 aliphatic heterocycles. The Hall–Kier alpha value is -2.11. The number of fused-ring (bicyclic) bond motifs is 1. The number of oxazole rings is 1. The predicted molar refractivity (Wildman–Crippen MR) is 56.0 cm³/mol. The van der Waals surface area contributed by atoms with Crippen molar-refractivity contribution in [2.75, 3.05) is 7.11 Å². The van der Waals surface area contributed by atoms with Gasteiger partial charge in [0.05, 0.1) is 7.11 Å². The fourth-order valence-electron chi connectivity index (χ4n) is 1.36. The number of methoxy groups -OCH3 is 1. The minimum absolute atomic E-state index is 0.0213. The number of hydrogen-bond acceptors (Lipinski definition) is 5. The minimum atomic E-state index is -0.569. The van der Waals surface area contributed by atoms with Gasteiger partial charge < -0.3 is 13.9 Å². The lowest BCUT2D eigenvalue weighted by atomic mass is 10.3. The highest BCUT2D eigenvalue weighted by Gasteiger charge is 2.13. The molecule has 0 unspecified atom stereocenters. The van der Waals surface area contributed by atoms with Crippen molar-refractivity contribution in [1.29, 1.82) is 0 Å². The van der Waals surface area contributed by atoms with Gasteiger partial charge in [-0.2, -0.15) is 0 Å².